The van der Waals surface area contributed by atoms with Crippen LogP contribution in [0.25, 0.3) is 6.08 Å². The van der Waals surface area contributed by atoms with Crippen molar-refractivity contribution in [1.82, 2.24) is 9.47 Å². The van der Waals surface area contributed by atoms with Gasteiger partial charge in [-0.25, -0.2) is 4.99 Å². The second kappa shape index (κ2) is 13.1. The highest BCUT2D eigenvalue weighted by Gasteiger charge is 2.35. The SMILES string of the molecule is CCN(CC)C(=O)C1=C(C)N=c2s/c(=C/c3cccc(OCc4ccc([N+](=O)[O-])cc4)c3)c(=O)n2[C@H]1c1ccccc1OC. The average molecular weight is 613 g/mol. The maximum Gasteiger partial charge on any atom is 0.271 e. The number of carbonyl (C=O) groups excluding carboxylic acids is 1. The van der Waals surface area contributed by atoms with Crippen molar-refractivity contribution in [3.05, 3.63) is 131 Å². The van der Waals surface area contributed by atoms with Crippen LogP contribution in [0.2, 0.25) is 0 Å². The number of ether oxygens (including phenoxy) is 2. The minimum atomic E-state index is -0.714. The summed E-state index contributed by atoms with van der Waals surface area (Å²) in [6, 6.07) is 20.2. The maximum atomic E-state index is 14.1. The fourth-order valence-electron chi connectivity index (χ4n) is 5.19. The maximum absolute atomic E-state index is 14.1. The van der Waals surface area contributed by atoms with Gasteiger partial charge in [-0.3, -0.25) is 24.3 Å². The lowest BCUT2D eigenvalue weighted by atomic mass is 9.94. The van der Waals surface area contributed by atoms with Crippen LogP contribution < -0.4 is 24.4 Å². The molecular weight excluding hydrogens is 580 g/mol. The van der Waals surface area contributed by atoms with Crippen molar-refractivity contribution >= 4 is 29.0 Å². The van der Waals surface area contributed by atoms with Gasteiger partial charge in [0.05, 0.1) is 27.8 Å². The van der Waals surface area contributed by atoms with Gasteiger partial charge in [-0.15, -0.1) is 0 Å². The van der Waals surface area contributed by atoms with Gasteiger partial charge in [0, 0.05) is 30.8 Å². The molecule has 44 heavy (non-hydrogen) atoms. The van der Waals surface area contributed by atoms with Crippen LogP contribution in [0, 0.1) is 10.1 Å². The van der Waals surface area contributed by atoms with E-state index in [1.54, 1.807) is 40.9 Å². The van der Waals surface area contributed by atoms with Crippen LogP contribution >= 0.6 is 11.3 Å². The summed E-state index contributed by atoms with van der Waals surface area (Å²) >= 11 is 1.26. The van der Waals surface area contributed by atoms with Crippen molar-refractivity contribution in [1.29, 1.82) is 0 Å². The molecule has 1 amide bonds. The monoisotopic (exact) mass is 612 g/mol. The van der Waals surface area contributed by atoms with Gasteiger partial charge in [0.15, 0.2) is 4.80 Å². The molecule has 0 radical (unpaired) electrons. The Morgan fingerprint density at radius 1 is 1.09 bits per heavy atom. The molecule has 226 valence electrons. The van der Waals surface area contributed by atoms with Crippen molar-refractivity contribution in [2.45, 2.75) is 33.4 Å². The third-order valence-electron chi connectivity index (χ3n) is 7.44. The Morgan fingerprint density at radius 3 is 2.50 bits per heavy atom. The molecule has 0 saturated carbocycles. The number of likely N-dealkylation sites (N-methyl/N-ethyl adjacent to an activating group) is 1. The number of hydrogen-bond donors (Lipinski definition) is 0. The van der Waals surface area contributed by atoms with Crippen LogP contribution in [0.3, 0.4) is 0 Å². The van der Waals surface area contributed by atoms with Crippen molar-refractivity contribution in [3.63, 3.8) is 0 Å². The summed E-state index contributed by atoms with van der Waals surface area (Å²) in [7, 11) is 1.57. The molecule has 0 unspecified atom stereocenters. The van der Waals surface area contributed by atoms with Gasteiger partial charge in [-0.05, 0) is 68.3 Å². The number of benzene rings is 3. The zero-order chi connectivity index (χ0) is 31.4. The number of hydrogen-bond acceptors (Lipinski definition) is 8. The molecule has 1 aliphatic rings. The normalized spacial score (nSPS) is 14.5. The summed E-state index contributed by atoms with van der Waals surface area (Å²) in [5, 5.41) is 10.9. The van der Waals surface area contributed by atoms with Gasteiger partial charge >= 0.3 is 0 Å². The van der Waals surface area contributed by atoms with Crippen LogP contribution in [0.5, 0.6) is 11.5 Å². The first kappa shape index (κ1) is 30.4. The van der Waals surface area contributed by atoms with Crippen molar-refractivity contribution < 1.29 is 19.2 Å². The van der Waals surface area contributed by atoms with Crippen molar-refractivity contribution in [3.8, 4) is 11.5 Å². The molecule has 1 aliphatic heterocycles. The Hall–Kier alpha value is -5.03. The molecule has 0 aliphatic carbocycles. The Bertz CT molecular complexity index is 1920. The Kier molecular flexibility index (Phi) is 9.05. The summed E-state index contributed by atoms with van der Waals surface area (Å²) < 4.78 is 13.7. The summed E-state index contributed by atoms with van der Waals surface area (Å²) in [4.78, 5) is 45.3. The smallest absolute Gasteiger partial charge is 0.271 e. The van der Waals surface area contributed by atoms with E-state index in [0.29, 0.717) is 50.8 Å². The summed E-state index contributed by atoms with van der Waals surface area (Å²) in [6.45, 7) is 6.94. The van der Waals surface area contributed by atoms with E-state index in [1.807, 2.05) is 63.2 Å². The van der Waals surface area contributed by atoms with Crippen LogP contribution in [0.4, 0.5) is 5.69 Å². The second-order valence-electron chi connectivity index (χ2n) is 10.1. The summed E-state index contributed by atoms with van der Waals surface area (Å²) in [5.41, 5.74) is 3.00. The van der Waals surface area contributed by atoms with Crippen molar-refractivity contribution in [2.24, 2.45) is 4.99 Å². The topological polar surface area (TPSA) is 116 Å². The molecule has 2 heterocycles. The predicted octanol–water partition coefficient (Wildman–Crippen LogP) is 4.60. The van der Waals surface area contributed by atoms with Crippen molar-refractivity contribution in [2.75, 3.05) is 20.2 Å². The molecule has 11 heteroatoms. The first-order valence-corrected chi connectivity index (χ1v) is 15.0. The van der Waals surface area contributed by atoms with Crippen LogP contribution in [0.15, 0.2) is 93.9 Å². The quantitative estimate of drug-likeness (QED) is 0.191. The molecule has 5 rings (SSSR count). The first-order valence-electron chi connectivity index (χ1n) is 14.2. The zero-order valence-electron chi connectivity index (χ0n) is 24.9. The van der Waals surface area contributed by atoms with E-state index in [9.17, 15) is 19.7 Å². The van der Waals surface area contributed by atoms with Gasteiger partial charge in [0.25, 0.3) is 17.2 Å². The highest BCUT2D eigenvalue weighted by atomic mass is 32.1. The number of aromatic nitrogens is 1. The number of amides is 1. The van der Waals surface area contributed by atoms with E-state index in [4.69, 9.17) is 14.5 Å². The van der Waals surface area contributed by atoms with Gasteiger partial charge < -0.3 is 14.4 Å². The largest absolute Gasteiger partial charge is 0.496 e. The molecule has 3 aromatic carbocycles. The lowest BCUT2D eigenvalue weighted by molar-refractivity contribution is -0.384. The summed E-state index contributed by atoms with van der Waals surface area (Å²) in [6.07, 6.45) is 1.78. The number of methoxy groups -OCH3 is 1. The molecule has 0 saturated heterocycles. The number of allylic oxidation sites excluding steroid dienone is 1. The van der Waals surface area contributed by atoms with E-state index < -0.39 is 11.0 Å². The van der Waals surface area contributed by atoms with E-state index >= 15 is 0 Å². The third kappa shape index (κ3) is 6.04. The third-order valence-corrected chi connectivity index (χ3v) is 8.43. The van der Waals surface area contributed by atoms with E-state index in [0.717, 1.165) is 11.1 Å². The fraction of sp³-hybridized carbons (Fsp3) is 0.242. The lowest BCUT2D eigenvalue weighted by Crippen LogP contribution is -2.43. The Labute approximate surface area is 258 Å². The van der Waals surface area contributed by atoms with Gasteiger partial charge in [-0.1, -0.05) is 41.7 Å². The number of carbonyl (C=O) groups is 1. The minimum absolute atomic E-state index is 0.0184. The number of thiazole rings is 1. The molecule has 10 nitrogen and oxygen atoms in total. The molecule has 0 fully saturated rings. The lowest BCUT2D eigenvalue weighted by Gasteiger charge is -2.29. The highest BCUT2D eigenvalue weighted by Crippen LogP contribution is 2.36. The second-order valence-corrected chi connectivity index (χ2v) is 11.1. The number of nitro benzene ring substituents is 1. The molecular formula is C33H32N4O6S. The minimum Gasteiger partial charge on any atom is -0.496 e. The molecule has 4 aromatic rings. The number of nitrogens with zero attached hydrogens (tertiary/aromatic N) is 4. The van der Waals surface area contributed by atoms with E-state index in [2.05, 4.69) is 0 Å². The number of para-hydroxylation sites is 1. The standard InChI is InChI=1S/C33H32N4O6S/c1-5-35(6-2)32(39)29-21(3)34-33-36(30(29)26-12-7-8-13-27(26)42-4)31(38)28(44-33)19-23-10-9-11-25(18-23)43-20-22-14-16-24(17-15-22)37(40)41/h7-19,30H,5-6,20H2,1-4H3/b28-19+/t30-/m0/s1. The van der Waals surface area contributed by atoms with Crippen LogP contribution in [0.1, 0.15) is 43.5 Å². The van der Waals surface area contributed by atoms with E-state index in [-0.39, 0.29) is 23.8 Å². The molecule has 0 spiro atoms. The van der Waals surface area contributed by atoms with Gasteiger partial charge in [0.1, 0.15) is 24.1 Å². The number of rotatable bonds is 10. The van der Waals surface area contributed by atoms with Gasteiger partial charge in [-0.2, -0.15) is 0 Å². The zero-order valence-corrected chi connectivity index (χ0v) is 25.7. The Balaban J connectivity index is 1.54. The fourth-order valence-corrected chi connectivity index (χ4v) is 6.24. The Morgan fingerprint density at radius 2 is 1.82 bits per heavy atom. The van der Waals surface area contributed by atoms with E-state index in [1.165, 1.54) is 23.5 Å². The first-order chi connectivity index (χ1) is 21.2. The predicted molar refractivity (Wildman–Crippen MR) is 169 cm³/mol. The number of non-ortho nitro benzene ring substituents is 1. The van der Waals surface area contributed by atoms with Crippen LogP contribution in [-0.2, 0) is 11.4 Å². The van der Waals surface area contributed by atoms with Crippen LogP contribution in [-0.4, -0.2) is 40.5 Å². The molecule has 1 aromatic heterocycles. The molecule has 0 bridgehead atoms. The average Bonchev–Trinajstić information content (AvgIpc) is 3.33. The number of nitro groups is 1. The number of fused-ring (bicyclic) bond motifs is 1. The molecule has 1 atom stereocenters. The van der Waals surface area contributed by atoms with Gasteiger partial charge in [0.2, 0.25) is 0 Å². The highest BCUT2D eigenvalue weighted by molar-refractivity contribution is 7.07. The summed E-state index contributed by atoms with van der Waals surface area (Å²) in [5.74, 6) is 0.989. The molecule has 0 N–H and O–H groups in total.